The molecule has 2 N–H and O–H groups in total. The standard InChI is InChI=1S/C20H32O4/c1-13(2)15(21)8-10-18(5)12-19-14(3)7-6-9-17(19,4)11-16(22)20(18,23)24-19/h13,16,22-23H,3,6-12H2,1-2,4-5H3/t16-,17+,18-,19+,20-/m0/s1. The summed E-state index contributed by atoms with van der Waals surface area (Å²) in [5, 5.41) is 22.1. The molecule has 0 aromatic carbocycles. The van der Waals surface area contributed by atoms with Gasteiger partial charge in [-0.3, -0.25) is 4.79 Å². The zero-order valence-electron chi connectivity index (χ0n) is 15.5. The zero-order chi connectivity index (χ0) is 18.0. The van der Waals surface area contributed by atoms with Crippen molar-refractivity contribution in [3.05, 3.63) is 12.2 Å². The number of hydrogen-bond acceptors (Lipinski definition) is 4. The first kappa shape index (κ1) is 18.1. The number of ether oxygens (including phenoxy) is 1. The third-order valence-electron chi connectivity index (χ3n) is 7.25. The van der Waals surface area contributed by atoms with E-state index in [1.165, 1.54) is 0 Å². The van der Waals surface area contributed by atoms with E-state index in [1.807, 2.05) is 20.8 Å². The number of hydrogen-bond donors (Lipinski definition) is 2. The van der Waals surface area contributed by atoms with Crippen LogP contribution in [0.2, 0.25) is 0 Å². The number of carbonyl (C=O) groups is 1. The number of aliphatic hydroxyl groups is 2. The van der Waals surface area contributed by atoms with Crippen molar-refractivity contribution in [3.63, 3.8) is 0 Å². The van der Waals surface area contributed by atoms with Gasteiger partial charge >= 0.3 is 0 Å². The van der Waals surface area contributed by atoms with Crippen LogP contribution in [-0.2, 0) is 9.53 Å². The molecule has 1 spiro atoms. The minimum absolute atomic E-state index is 0.0112. The number of aliphatic hydroxyl groups excluding tert-OH is 1. The summed E-state index contributed by atoms with van der Waals surface area (Å²) >= 11 is 0. The molecule has 5 atom stereocenters. The van der Waals surface area contributed by atoms with E-state index in [2.05, 4.69) is 13.5 Å². The van der Waals surface area contributed by atoms with Crippen LogP contribution in [-0.4, -0.2) is 33.5 Å². The Labute approximate surface area is 145 Å². The number of ketones is 1. The van der Waals surface area contributed by atoms with Crippen molar-refractivity contribution >= 4 is 5.78 Å². The zero-order valence-corrected chi connectivity index (χ0v) is 15.5. The summed E-state index contributed by atoms with van der Waals surface area (Å²) in [6.45, 7) is 12.2. The lowest BCUT2D eigenvalue weighted by Gasteiger charge is -2.56. The summed E-state index contributed by atoms with van der Waals surface area (Å²) in [5.74, 6) is -1.41. The third-order valence-corrected chi connectivity index (χ3v) is 7.25. The van der Waals surface area contributed by atoms with Crippen LogP contribution < -0.4 is 0 Å². The second kappa shape index (κ2) is 5.39. The number of carbonyl (C=O) groups excluding carboxylic acids is 1. The average molecular weight is 336 g/mol. The van der Waals surface area contributed by atoms with Crippen LogP contribution in [0, 0.1) is 16.7 Å². The van der Waals surface area contributed by atoms with Gasteiger partial charge in [-0.25, -0.2) is 0 Å². The van der Waals surface area contributed by atoms with E-state index in [1.54, 1.807) is 0 Å². The van der Waals surface area contributed by atoms with Gasteiger partial charge in [0.25, 0.3) is 0 Å². The highest BCUT2D eigenvalue weighted by Gasteiger charge is 2.74. The Hall–Kier alpha value is -0.710. The van der Waals surface area contributed by atoms with Gasteiger partial charge in [0.05, 0.1) is 5.60 Å². The van der Waals surface area contributed by atoms with E-state index >= 15 is 0 Å². The van der Waals surface area contributed by atoms with Gasteiger partial charge in [0.15, 0.2) is 5.79 Å². The Morgan fingerprint density at radius 2 is 2.08 bits per heavy atom. The first-order chi connectivity index (χ1) is 11.0. The first-order valence-corrected chi connectivity index (χ1v) is 9.31. The molecule has 0 amide bonds. The lowest BCUT2D eigenvalue weighted by molar-refractivity contribution is -0.344. The maximum absolute atomic E-state index is 12.1. The fourth-order valence-corrected chi connectivity index (χ4v) is 5.41. The highest BCUT2D eigenvalue weighted by atomic mass is 16.7. The van der Waals surface area contributed by atoms with Gasteiger partial charge in [0.2, 0.25) is 0 Å². The summed E-state index contributed by atoms with van der Waals surface area (Å²) in [4.78, 5) is 12.1. The van der Waals surface area contributed by atoms with Gasteiger partial charge in [0.1, 0.15) is 11.9 Å². The second-order valence-electron chi connectivity index (χ2n) is 9.22. The fraction of sp³-hybridized carbons (Fsp3) is 0.850. The molecule has 4 nitrogen and oxygen atoms in total. The Kier molecular flexibility index (Phi) is 4.06. The van der Waals surface area contributed by atoms with Crippen LogP contribution in [0.4, 0.5) is 0 Å². The normalized spacial score (nSPS) is 47.8. The van der Waals surface area contributed by atoms with Gasteiger partial charge in [-0.15, -0.1) is 0 Å². The van der Waals surface area contributed by atoms with Gasteiger partial charge in [-0.05, 0) is 44.1 Å². The van der Waals surface area contributed by atoms with Gasteiger partial charge in [0, 0.05) is 23.2 Å². The first-order valence-electron chi connectivity index (χ1n) is 9.31. The van der Waals surface area contributed by atoms with Crippen LogP contribution in [0.5, 0.6) is 0 Å². The Morgan fingerprint density at radius 3 is 2.71 bits per heavy atom. The largest absolute Gasteiger partial charge is 0.387 e. The molecule has 0 radical (unpaired) electrons. The third kappa shape index (κ3) is 2.19. The summed E-state index contributed by atoms with van der Waals surface area (Å²) in [5.41, 5.74) is -0.377. The lowest BCUT2D eigenvalue weighted by Crippen LogP contribution is -2.62. The van der Waals surface area contributed by atoms with Crippen molar-refractivity contribution in [1.29, 1.82) is 0 Å². The van der Waals surface area contributed by atoms with Crippen molar-refractivity contribution in [3.8, 4) is 0 Å². The molecule has 0 aromatic heterocycles. The molecule has 0 unspecified atom stereocenters. The molecule has 24 heavy (non-hydrogen) atoms. The van der Waals surface area contributed by atoms with E-state index in [4.69, 9.17) is 4.74 Å². The molecule has 2 aliphatic heterocycles. The van der Waals surface area contributed by atoms with E-state index in [9.17, 15) is 15.0 Å². The molecule has 3 fully saturated rings. The van der Waals surface area contributed by atoms with Crippen LogP contribution in [0.3, 0.4) is 0 Å². The van der Waals surface area contributed by atoms with Gasteiger partial charge in [-0.1, -0.05) is 34.3 Å². The number of fused-ring (bicyclic) bond motifs is 1. The van der Waals surface area contributed by atoms with Gasteiger partial charge < -0.3 is 14.9 Å². The highest BCUT2D eigenvalue weighted by molar-refractivity contribution is 5.80. The molecule has 2 heterocycles. The molecule has 4 heteroatoms. The van der Waals surface area contributed by atoms with E-state index in [0.717, 1.165) is 24.8 Å². The Bertz CT molecular complexity index is 570. The van der Waals surface area contributed by atoms with E-state index in [-0.39, 0.29) is 17.1 Å². The molecule has 0 aromatic rings. The molecule has 136 valence electrons. The molecule has 2 bridgehead atoms. The topological polar surface area (TPSA) is 66.8 Å². The van der Waals surface area contributed by atoms with E-state index in [0.29, 0.717) is 25.7 Å². The Balaban J connectivity index is 1.96. The minimum atomic E-state index is -1.59. The van der Waals surface area contributed by atoms with Crippen LogP contribution >= 0.6 is 0 Å². The molecular formula is C20H32O4. The molecule has 2 saturated heterocycles. The number of Topliss-reactive ketones (excluding diaryl/α,β-unsaturated/α-hetero) is 1. The molecule has 1 saturated carbocycles. The predicted octanol–water partition coefficient (Wildman–Crippen LogP) is 3.36. The summed E-state index contributed by atoms with van der Waals surface area (Å²) in [6.07, 6.45) is 4.10. The minimum Gasteiger partial charge on any atom is -0.387 e. The van der Waals surface area contributed by atoms with E-state index < -0.39 is 22.9 Å². The summed E-state index contributed by atoms with van der Waals surface area (Å²) in [7, 11) is 0. The van der Waals surface area contributed by atoms with Crippen LogP contribution in [0.1, 0.15) is 72.6 Å². The maximum Gasteiger partial charge on any atom is 0.198 e. The highest BCUT2D eigenvalue weighted by Crippen LogP contribution is 2.69. The number of rotatable bonds is 4. The van der Waals surface area contributed by atoms with Crippen molar-refractivity contribution in [2.45, 2.75) is 90.1 Å². The van der Waals surface area contributed by atoms with Crippen molar-refractivity contribution in [1.82, 2.24) is 0 Å². The fourth-order valence-electron chi connectivity index (χ4n) is 5.41. The Morgan fingerprint density at radius 1 is 1.42 bits per heavy atom. The van der Waals surface area contributed by atoms with Crippen molar-refractivity contribution in [2.24, 2.45) is 16.7 Å². The van der Waals surface area contributed by atoms with Crippen LogP contribution in [0.15, 0.2) is 12.2 Å². The SMILES string of the molecule is C=C1CCC[C@]2(C)C[C@H](O)[C@]3(O)O[C@]12C[C@]3(C)CCC(=O)C(C)C. The summed E-state index contributed by atoms with van der Waals surface area (Å²) < 4.78 is 6.31. The summed E-state index contributed by atoms with van der Waals surface area (Å²) in [6, 6.07) is 0. The quantitative estimate of drug-likeness (QED) is 0.773. The predicted molar refractivity (Wildman–Crippen MR) is 92.3 cm³/mol. The van der Waals surface area contributed by atoms with Crippen molar-refractivity contribution in [2.75, 3.05) is 0 Å². The molecular weight excluding hydrogens is 304 g/mol. The lowest BCUT2D eigenvalue weighted by atomic mass is 9.58. The monoisotopic (exact) mass is 336 g/mol. The molecule has 1 aliphatic carbocycles. The van der Waals surface area contributed by atoms with Crippen LogP contribution in [0.25, 0.3) is 0 Å². The van der Waals surface area contributed by atoms with Crippen molar-refractivity contribution < 1.29 is 19.7 Å². The van der Waals surface area contributed by atoms with Gasteiger partial charge in [-0.2, -0.15) is 0 Å². The average Bonchev–Trinajstić information content (AvgIpc) is 2.71. The maximum atomic E-state index is 12.1. The molecule has 3 aliphatic rings. The smallest absolute Gasteiger partial charge is 0.198 e. The second-order valence-corrected chi connectivity index (χ2v) is 9.22. The molecule has 3 rings (SSSR count).